The summed E-state index contributed by atoms with van der Waals surface area (Å²) >= 11 is 2.80. The molecule has 0 bridgehead atoms. The number of anilines is 1. The van der Waals surface area contributed by atoms with Crippen LogP contribution < -0.4 is 4.72 Å². The maximum absolute atomic E-state index is 13.7. The summed E-state index contributed by atoms with van der Waals surface area (Å²) in [5.41, 5.74) is -0.122. The van der Waals surface area contributed by atoms with Crippen LogP contribution in [0, 0.1) is 11.6 Å². The predicted molar refractivity (Wildman–Crippen MR) is 76.2 cm³/mol. The van der Waals surface area contributed by atoms with Gasteiger partial charge in [-0.25, -0.2) is 17.2 Å². The number of hydrogen-bond donors (Lipinski definition) is 2. The molecule has 2 aromatic rings. The molecular formula is C12H11BrF2N2O3S. The fraction of sp³-hybridized carbons (Fsp3) is 0.167. The summed E-state index contributed by atoms with van der Waals surface area (Å²) in [6.07, 6.45) is 1.26. The highest BCUT2D eigenvalue weighted by molar-refractivity contribution is 9.10. The van der Waals surface area contributed by atoms with E-state index in [9.17, 15) is 17.2 Å². The van der Waals surface area contributed by atoms with Gasteiger partial charge in [0, 0.05) is 25.0 Å². The van der Waals surface area contributed by atoms with Crippen molar-refractivity contribution in [3.05, 3.63) is 46.2 Å². The molecule has 21 heavy (non-hydrogen) atoms. The molecule has 5 nitrogen and oxygen atoms in total. The van der Waals surface area contributed by atoms with E-state index in [1.165, 1.54) is 16.8 Å². The molecule has 0 saturated carbocycles. The second kappa shape index (κ2) is 5.74. The minimum absolute atomic E-state index is 0.106. The first-order valence-electron chi connectivity index (χ1n) is 5.68. The van der Waals surface area contributed by atoms with Gasteiger partial charge in [-0.1, -0.05) is 0 Å². The number of aliphatic hydroxyl groups is 1. The average molecular weight is 381 g/mol. The van der Waals surface area contributed by atoms with E-state index in [1.54, 1.807) is 7.05 Å². The summed E-state index contributed by atoms with van der Waals surface area (Å²) in [7, 11) is -2.52. The van der Waals surface area contributed by atoms with Crippen LogP contribution in [0.15, 0.2) is 33.8 Å². The van der Waals surface area contributed by atoms with Crippen LogP contribution in [0.3, 0.4) is 0 Å². The van der Waals surface area contributed by atoms with Gasteiger partial charge in [0.2, 0.25) is 0 Å². The Morgan fingerprint density at radius 2 is 1.95 bits per heavy atom. The van der Waals surface area contributed by atoms with Gasteiger partial charge in [-0.05, 0) is 28.1 Å². The Bertz CT molecular complexity index is 790. The van der Waals surface area contributed by atoms with Crippen LogP contribution >= 0.6 is 15.9 Å². The molecular weight excluding hydrogens is 370 g/mol. The summed E-state index contributed by atoms with van der Waals surface area (Å²) in [5, 5.41) is 9.05. The first kappa shape index (κ1) is 15.9. The first-order chi connectivity index (χ1) is 9.74. The molecule has 2 N–H and O–H groups in total. The summed E-state index contributed by atoms with van der Waals surface area (Å²) in [5.74, 6) is -1.71. The van der Waals surface area contributed by atoms with E-state index in [0.29, 0.717) is 5.69 Å². The number of sulfonamides is 1. The molecule has 0 aliphatic carbocycles. The van der Waals surface area contributed by atoms with Crippen LogP contribution in [-0.4, -0.2) is 18.1 Å². The largest absolute Gasteiger partial charge is 0.390 e. The van der Waals surface area contributed by atoms with Gasteiger partial charge >= 0.3 is 0 Å². The summed E-state index contributed by atoms with van der Waals surface area (Å²) in [6.45, 7) is -0.340. The fourth-order valence-corrected chi connectivity index (χ4v) is 3.15. The molecule has 1 heterocycles. The summed E-state index contributed by atoms with van der Waals surface area (Å²) in [6, 6.07) is 2.82. The zero-order chi connectivity index (χ0) is 15.8. The maximum Gasteiger partial charge on any atom is 0.263 e. The molecule has 0 aliphatic heterocycles. The Hall–Kier alpha value is -1.45. The van der Waals surface area contributed by atoms with Gasteiger partial charge in [0.05, 0.1) is 16.8 Å². The Morgan fingerprint density at radius 1 is 1.29 bits per heavy atom. The highest BCUT2D eigenvalue weighted by Gasteiger charge is 2.20. The minimum atomic E-state index is -4.08. The number of nitrogens with one attached hydrogen (secondary N) is 1. The molecule has 0 aliphatic rings. The van der Waals surface area contributed by atoms with Gasteiger partial charge in [-0.2, -0.15) is 0 Å². The monoisotopic (exact) mass is 380 g/mol. The van der Waals surface area contributed by atoms with Gasteiger partial charge in [0.15, 0.2) is 0 Å². The Morgan fingerprint density at radius 3 is 2.52 bits per heavy atom. The second-order valence-electron chi connectivity index (χ2n) is 4.29. The first-order valence-corrected chi connectivity index (χ1v) is 7.95. The fourth-order valence-electron chi connectivity index (χ4n) is 1.69. The van der Waals surface area contributed by atoms with Gasteiger partial charge in [0.25, 0.3) is 10.0 Å². The molecule has 0 amide bonds. The highest BCUT2D eigenvalue weighted by Crippen LogP contribution is 2.26. The number of rotatable bonds is 4. The molecule has 1 aromatic heterocycles. The van der Waals surface area contributed by atoms with Gasteiger partial charge in [0.1, 0.15) is 16.5 Å². The van der Waals surface area contributed by atoms with Gasteiger partial charge in [-0.15, -0.1) is 0 Å². The number of benzene rings is 1. The lowest BCUT2D eigenvalue weighted by atomic mass is 10.3. The van der Waals surface area contributed by atoms with Crippen molar-refractivity contribution >= 4 is 31.6 Å². The standard InChI is InChI=1S/C12H11BrF2N2O3S/c1-17-5-8(2-7(17)6-18)21(19,20)16-12-4-10(14)9(13)3-11(12)15/h2-5,16,18H,6H2,1H3. The van der Waals surface area contributed by atoms with Crippen molar-refractivity contribution in [3.8, 4) is 0 Å². The Balaban J connectivity index is 2.39. The SMILES string of the molecule is Cn1cc(S(=O)(=O)Nc2cc(F)c(Br)cc2F)cc1CO. The lowest BCUT2D eigenvalue weighted by Gasteiger charge is -2.08. The van der Waals surface area contributed by atoms with Crippen LogP contribution in [0.2, 0.25) is 0 Å². The van der Waals surface area contributed by atoms with Crippen molar-refractivity contribution in [1.82, 2.24) is 4.57 Å². The smallest absolute Gasteiger partial charge is 0.263 e. The number of halogens is 3. The van der Waals surface area contributed by atoms with Gasteiger partial charge in [-0.3, -0.25) is 4.72 Å². The third-order valence-electron chi connectivity index (χ3n) is 2.81. The summed E-state index contributed by atoms with van der Waals surface area (Å²) < 4.78 is 54.6. The lowest BCUT2D eigenvalue weighted by Crippen LogP contribution is -2.13. The molecule has 1 aromatic carbocycles. The Labute approximate surface area is 128 Å². The Kier molecular flexibility index (Phi) is 4.35. The van der Waals surface area contributed by atoms with Crippen molar-refractivity contribution in [3.63, 3.8) is 0 Å². The van der Waals surface area contributed by atoms with Crippen molar-refractivity contribution in [2.24, 2.45) is 7.05 Å². The number of aryl methyl sites for hydroxylation is 1. The quantitative estimate of drug-likeness (QED) is 0.799. The minimum Gasteiger partial charge on any atom is -0.390 e. The van der Waals surface area contributed by atoms with Crippen molar-refractivity contribution in [2.45, 2.75) is 11.5 Å². The zero-order valence-electron chi connectivity index (χ0n) is 10.8. The van der Waals surface area contributed by atoms with E-state index in [1.807, 2.05) is 4.72 Å². The van der Waals surface area contributed by atoms with E-state index in [0.717, 1.165) is 12.1 Å². The normalized spacial score (nSPS) is 11.7. The van der Waals surface area contributed by atoms with Crippen molar-refractivity contribution in [1.29, 1.82) is 0 Å². The van der Waals surface area contributed by atoms with Crippen LogP contribution in [0.4, 0.5) is 14.5 Å². The van der Waals surface area contributed by atoms with E-state index in [2.05, 4.69) is 15.9 Å². The lowest BCUT2D eigenvalue weighted by molar-refractivity contribution is 0.272. The maximum atomic E-state index is 13.7. The van der Waals surface area contributed by atoms with Crippen LogP contribution in [0.1, 0.15) is 5.69 Å². The molecule has 2 rings (SSSR count). The third kappa shape index (κ3) is 3.25. The third-order valence-corrected chi connectivity index (χ3v) is 4.75. The van der Waals surface area contributed by atoms with Crippen LogP contribution in [0.25, 0.3) is 0 Å². The van der Waals surface area contributed by atoms with Crippen molar-refractivity contribution in [2.75, 3.05) is 4.72 Å². The van der Waals surface area contributed by atoms with E-state index >= 15 is 0 Å². The van der Waals surface area contributed by atoms with Crippen LogP contribution in [-0.2, 0) is 23.7 Å². The topological polar surface area (TPSA) is 71.3 Å². The van der Waals surface area contributed by atoms with E-state index in [-0.39, 0.29) is 16.0 Å². The van der Waals surface area contributed by atoms with E-state index < -0.39 is 27.3 Å². The molecule has 0 unspecified atom stereocenters. The van der Waals surface area contributed by atoms with Crippen LogP contribution in [0.5, 0.6) is 0 Å². The highest BCUT2D eigenvalue weighted by atomic mass is 79.9. The number of aliphatic hydroxyl groups excluding tert-OH is 1. The zero-order valence-corrected chi connectivity index (χ0v) is 13.2. The molecule has 0 spiro atoms. The van der Waals surface area contributed by atoms with E-state index in [4.69, 9.17) is 5.11 Å². The molecule has 0 fully saturated rings. The number of aromatic nitrogens is 1. The molecule has 114 valence electrons. The average Bonchev–Trinajstić information content (AvgIpc) is 2.78. The van der Waals surface area contributed by atoms with Gasteiger partial charge < -0.3 is 9.67 Å². The summed E-state index contributed by atoms with van der Waals surface area (Å²) in [4.78, 5) is -0.156. The molecule has 9 heteroatoms. The predicted octanol–water partition coefficient (Wildman–Crippen LogP) is 2.36. The number of hydrogen-bond acceptors (Lipinski definition) is 3. The molecule has 0 atom stereocenters. The second-order valence-corrected chi connectivity index (χ2v) is 6.82. The molecule has 0 radical (unpaired) electrons. The molecule has 0 saturated heterocycles. The van der Waals surface area contributed by atoms with Crippen molar-refractivity contribution < 1.29 is 22.3 Å². The number of nitrogens with zero attached hydrogens (tertiary/aromatic N) is 1.